The summed E-state index contributed by atoms with van der Waals surface area (Å²) in [5, 5.41) is 0. The minimum Gasteiger partial charge on any atom is -0.273 e. The van der Waals surface area contributed by atoms with Crippen LogP contribution in [0.15, 0.2) is 35.9 Å². The van der Waals surface area contributed by atoms with E-state index < -0.39 is 0 Å². The lowest BCUT2D eigenvalue weighted by Crippen LogP contribution is -2.30. The van der Waals surface area contributed by atoms with Crippen LogP contribution in [-0.4, -0.2) is 11.8 Å². The first kappa shape index (κ1) is 23.4. The zero-order chi connectivity index (χ0) is 21.1. The molecule has 0 aliphatic carbocycles. The first-order valence-electron chi connectivity index (χ1n) is 11.7. The molecule has 1 fully saturated rings. The molecule has 1 aliphatic heterocycles. The third-order valence-electron chi connectivity index (χ3n) is 5.97. The second-order valence-corrected chi connectivity index (χ2v) is 8.52. The van der Waals surface area contributed by atoms with Crippen molar-refractivity contribution in [3.8, 4) is 0 Å². The Bertz CT molecular complexity index is 674. The Morgan fingerprint density at radius 3 is 1.90 bits per heavy atom. The molecule has 0 N–H and O–H groups in total. The molecule has 1 saturated heterocycles. The zero-order valence-electron chi connectivity index (χ0n) is 18.7. The van der Waals surface area contributed by atoms with Crippen molar-refractivity contribution < 1.29 is 9.59 Å². The SMILES string of the molecule is CCCCCCCCCCCCC/C=C1/C(=O)N(c2ccc(C)cc2)C(=O)C1C. The standard InChI is InChI=1S/C26H39NO2/c1-4-5-6-7-8-9-10-11-12-13-14-15-16-24-22(3)25(28)27(26(24)29)23-19-17-21(2)18-20-23/h16-20,22H,4-15H2,1-3H3/b24-16+. The highest BCUT2D eigenvalue weighted by Gasteiger charge is 2.40. The van der Waals surface area contributed by atoms with Crippen LogP contribution in [0, 0.1) is 12.8 Å². The van der Waals surface area contributed by atoms with Crippen molar-refractivity contribution in [2.45, 2.75) is 97.8 Å². The van der Waals surface area contributed by atoms with Crippen molar-refractivity contribution in [1.29, 1.82) is 0 Å². The van der Waals surface area contributed by atoms with E-state index in [2.05, 4.69) is 6.92 Å². The summed E-state index contributed by atoms with van der Waals surface area (Å²) in [6.07, 6.45) is 17.4. The molecule has 0 bridgehead atoms. The molecule has 1 atom stereocenters. The summed E-state index contributed by atoms with van der Waals surface area (Å²) >= 11 is 0. The maximum Gasteiger partial charge on any atom is 0.261 e. The fourth-order valence-corrected chi connectivity index (χ4v) is 4.01. The van der Waals surface area contributed by atoms with Crippen LogP contribution in [-0.2, 0) is 9.59 Å². The molecule has 160 valence electrons. The summed E-state index contributed by atoms with van der Waals surface area (Å²) in [5.74, 6) is -0.588. The second kappa shape index (κ2) is 12.6. The van der Waals surface area contributed by atoms with Gasteiger partial charge in [-0.3, -0.25) is 9.59 Å². The van der Waals surface area contributed by atoms with E-state index in [0.717, 1.165) is 18.4 Å². The number of hydrogen-bond donors (Lipinski definition) is 0. The lowest BCUT2D eigenvalue weighted by molar-refractivity contribution is -0.122. The van der Waals surface area contributed by atoms with E-state index in [0.29, 0.717) is 11.3 Å². The number of amides is 2. The maximum atomic E-state index is 12.8. The summed E-state index contributed by atoms with van der Waals surface area (Å²) in [7, 11) is 0. The zero-order valence-corrected chi connectivity index (χ0v) is 18.7. The van der Waals surface area contributed by atoms with Crippen molar-refractivity contribution in [1.82, 2.24) is 0 Å². The van der Waals surface area contributed by atoms with E-state index in [1.807, 2.05) is 44.2 Å². The van der Waals surface area contributed by atoms with Gasteiger partial charge in [-0.25, -0.2) is 4.90 Å². The van der Waals surface area contributed by atoms with Gasteiger partial charge < -0.3 is 0 Å². The van der Waals surface area contributed by atoms with Gasteiger partial charge in [0.1, 0.15) is 0 Å². The lowest BCUT2D eigenvalue weighted by atomic mass is 10.0. The van der Waals surface area contributed by atoms with Gasteiger partial charge in [0, 0.05) is 5.57 Å². The number of nitrogens with zero attached hydrogens (tertiary/aromatic N) is 1. The molecule has 3 nitrogen and oxygen atoms in total. The van der Waals surface area contributed by atoms with Crippen LogP contribution in [0.25, 0.3) is 0 Å². The Kier molecular flexibility index (Phi) is 10.2. The van der Waals surface area contributed by atoms with Gasteiger partial charge in [0.05, 0.1) is 11.6 Å². The molecule has 2 rings (SSSR count). The molecule has 0 radical (unpaired) electrons. The summed E-state index contributed by atoms with van der Waals surface area (Å²) in [5.41, 5.74) is 2.46. The molecule has 0 aromatic heterocycles. The Labute approximate surface area is 177 Å². The van der Waals surface area contributed by atoms with Crippen LogP contribution in [0.5, 0.6) is 0 Å². The minimum absolute atomic E-state index is 0.107. The highest BCUT2D eigenvalue weighted by atomic mass is 16.2. The summed E-state index contributed by atoms with van der Waals surface area (Å²) in [6, 6.07) is 7.58. The quantitative estimate of drug-likeness (QED) is 0.202. The van der Waals surface area contributed by atoms with Crippen LogP contribution in [0.1, 0.15) is 96.5 Å². The average molecular weight is 398 g/mol. The number of allylic oxidation sites excluding steroid dienone is 1. The fraction of sp³-hybridized carbons (Fsp3) is 0.615. The molecule has 3 heteroatoms. The number of carbonyl (C=O) groups is 2. The Morgan fingerprint density at radius 1 is 0.828 bits per heavy atom. The average Bonchev–Trinajstić information content (AvgIpc) is 2.92. The first-order chi connectivity index (χ1) is 14.1. The highest BCUT2D eigenvalue weighted by molar-refractivity contribution is 6.29. The topological polar surface area (TPSA) is 37.4 Å². The number of hydrogen-bond acceptors (Lipinski definition) is 2. The number of rotatable bonds is 13. The number of anilines is 1. The largest absolute Gasteiger partial charge is 0.273 e. The van der Waals surface area contributed by atoms with Crippen LogP contribution in [0.3, 0.4) is 0 Å². The van der Waals surface area contributed by atoms with E-state index in [1.165, 1.54) is 69.1 Å². The van der Waals surface area contributed by atoms with Crippen LogP contribution < -0.4 is 4.90 Å². The predicted octanol–water partition coefficient (Wildman–Crippen LogP) is 7.13. The normalized spacial score (nSPS) is 18.2. The smallest absolute Gasteiger partial charge is 0.261 e. The number of benzene rings is 1. The molecule has 1 aromatic rings. The number of unbranched alkanes of at least 4 members (excludes halogenated alkanes) is 11. The second-order valence-electron chi connectivity index (χ2n) is 8.52. The van der Waals surface area contributed by atoms with E-state index >= 15 is 0 Å². The molecule has 1 heterocycles. The van der Waals surface area contributed by atoms with Gasteiger partial charge in [0.15, 0.2) is 0 Å². The van der Waals surface area contributed by atoms with E-state index in [1.54, 1.807) is 0 Å². The molecule has 1 aromatic carbocycles. The molecular formula is C26H39NO2. The molecule has 0 spiro atoms. The minimum atomic E-state index is -0.337. The van der Waals surface area contributed by atoms with Gasteiger partial charge in [-0.05, 0) is 38.8 Å². The van der Waals surface area contributed by atoms with Crippen molar-refractivity contribution in [2.24, 2.45) is 5.92 Å². The Balaban J connectivity index is 1.68. The third kappa shape index (κ3) is 7.13. The van der Waals surface area contributed by atoms with Crippen molar-refractivity contribution in [3.63, 3.8) is 0 Å². The number of imide groups is 1. The van der Waals surface area contributed by atoms with E-state index in [9.17, 15) is 9.59 Å². The Morgan fingerprint density at radius 2 is 1.34 bits per heavy atom. The van der Waals surface area contributed by atoms with Gasteiger partial charge in [0.25, 0.3) is 5.91 Å². The van der Waals surface area contributed by atoms with E-state index in [4.69, 9.17) is 0 Å². The third-order valence-corrected chi connectivity index (χ3v) is 5.97. The number of aryl methyl sites for hydroxylation is 1. The van der Waals surface area contributed by atoms with Crippen LogP contribution >= 0.6 is 0 Å². The fourth-order valence-electron chi connectivity index (χ4n) is 4.01. The molecule has 0 saturated carbocycles. The summed E-state index contributed by atoms with van der Waals surface area (Å²) in [6.45, 7) is 6.11. The van der Waals surface area contributed by atoms with Gasteiger partial charge >= 0.3 is 0 Å². The van der Waals surface area contributed by atoms with Crippen LogP contribution in [0.4, 0.5) is 5.69 Å². The number of carbonyl (C=O) groups excluding carboxylic acids is 2. The van der Waals surface area contributed by atoms with Crippen molar-refractivity contribution in [2.75, 3.05) is 4.90 Å². The molecule has 2 amide bonds. The van der Waals surface area contributed by atoms with Gasteiger partial charge in [-0.15, -0.1) is 0 Å². The highest BCUT2D eigenvalue weighted by Crippen LogP contribution is 2.31. The van der Waals surface area contributed by atoms with Gasteiger partial charge in [-0.1, -0.05) is 94.9 Å². The molecule has 29 heavy (non-hydrogen) atoms. The first-order valence-corrected chi connectivity index (χ1v) is 11.7. The van der Waals surface area contributed by atoms with Crippen LogP contribution in [0.2, 0.25) is 0 Å². The maximum absolute atomic E-state index is 12.8. The molecular weight excluding hydrogens is 358 g/mol. The lowest BCUT2D eigenvalue weighted by Gasteiger charge is -2.13. The Hall–Kier alpha value is -1.90. The van der Waals surface area contributed by atoms with Crippen molar-refractivity contribution >= 4 is 17.5 Å². The summed E-state index contributed by atoms with van der Waals surface area (Å²) in [4.78, 5) is 26.7. The van der Waals surface area contributed by atoms with Gasteiger partial charge in [-0.2, -0.15) is 0 Å². The van der Waals surface area contributed by atoms with Crippen molar-refractivity contribution in [3.05, 3.63) is 41.5 Å². The van der Waals surface area contributed by atoms with Gasteiger partial charge in [0.2, 0.25) is 5.91 Å². The molecule has 1 unspecified atom stereocenters. The summed E-state index contributed by atoms with van der Waals surface area (Å²) < 4.78 is 0. The monoisotopic (exact) mass is 397 g/mol. The van der Waals surface area contributed by atoms with E-state index in [-0.39, 0.29) is 17.7 Å². The molecule has 1 aliphatic rings. The predicted molar refractivity (Wildman–Crippen MR) is 122 cm³/mol.